The first-order valence-electron chi connectivity index (χ1n) is 6.22. The molecule has 2 unspecified atom stereocenters. The number of hydrogen-bond acceptors (Lipinski definition) is 4. The molecule has 1 fully saturated rings. The average molecular weight is 323 g/mol. The number of halogens is 3. The monoisotopic (exact) mass is 323 g/mol. The molecule has 1 aliphatic heterocycles. The minimum atomic E-state index is -4.65. The Kier molecular flexibility index (Phi) is 5.51. The average Bonchev–Trinajstić information content (AvgIpc) is 2.39. The van der Waals surface area contributed by atoms with Crippen molar-refractivity contribution >= 4 is 23.5 Å². The highest BCUT2D eigenvalue weighted by molar-refractivity contribution is 8.06. The van der Waals surface area contributed by atoms with E-state index in [0.29, 0.717) is 5.25 Å². The van der Waals surface area contributed by atoms with Gasteiger partial charge in [-0.15, -0.1) is 13.2 Å². The molecule has 1 saturated heterocycles. The van der Waals surface area contributed by atoms with E-state index in [1.807, 2.05) is 36.6 Å². The molecule has 0 bridgehead atoms. The second-order valence-corrected chi connectivity index (χ2v) is 6.87. The number of rotatable bonds is 4. The molecule has 20 heavy (non-hydrogen) atoms. The van der Waals surface area contributed by atoms with Crippen LogP contribution in [-0.2, 0) is 0 Å². The first-order chi connectivity index (χ1) is 9.49. The third-order valence-electron chi connectivity index (χ3n) is 2.98. The smallest absolute Gasteiger partial charge is 0.406 e. The van der Waals surface area contributed by atoms with Gasteiger partial charge in [-0.25, -0.2) is 0 Å². The highest BCUT2D eigenvalue weighted by Crippen LogP contribution is 2.35. The maximum Gasteiger partial charge on any atom is 0.573 e. The van der Waals surface area contributed by atoms with Crippen molar-refractivity contribution < 1.29 is 17.9 Å². The van der Waals surface area contributed by atoms with Crippen molar-refractivity contribution in [2.75, 3.05) is 24.3 Å². The third kappa shape index (κ3) is 4.49. The molecule has 0 radical (unpaired) electrons. The van der Waals surface area contributed by atoms with E-state index in [1.54, 1.807) is 6.07 Å². The van der Waals surface area contributed by atoms with E-state index in [1.165, 1.54) is 12.1 Å². The van der Waals surface area contributed by atoms with Crippen LogP contribution in [0.25, 0.3) is 0 Å². The summed E-state index contributed by atoms with van der Waals surface area (Å²) in [5.41, 5.74) is 0.828. The lowest BCUT2D eigenvalue weighted by atomic mass is 10.0. The van der Waals surface area contributed by atoms with Crippen molar-refractivity contribution in [1.29, 1.82) is 0 Å². The summed E-state index contributed by atoms with van der Waals surface area (Å²) in [6.07, 6.45) is -4.65. The van der Waals surface area contributed by atoms with E-state index in [9.17, 15) is 13.2 Å². The van der Waals surface area contributed by atoms with Crippen molar-refractivity contribution in [2.45, 2.75) is 17.7 Å². The number of nitrogens with one attached hydrogen (secondary N) is 1. The maximum atomic E-state index is 12.3. The molecule has 1 aliphatic rings. The summed E-state index contributed by atoms with van der Waals surface area (Å²) in [5.74, 6) is 3.05. The molecule has 1 aromatic rings. The van der Waals surface area contributed by atoms with Gasteiger partial charge in [0.1, 0.15) is 5.75 Å². The molecule has 0 spiro atoms. The molecule has 0 saturated carbocycles. The number of thioether (sulfide) groups is 2. The van der Waals surface area contributed by atoms with E-state index in [2.05, 4.69) is 10.1 Å². The fourth-order valence-electron chi connectivity index (χ4n) is 2.17. The van der Waals surface area contributed by atoms with E-state index in [0.717, 1.165) is 22.8 Å². The minimum Gasteiger partial charge on any atom is -0.406 e. The maximum absolute atomic E-state index is 12.3. The Hall–Kier alpha value is -0.530. The number of alkyl halides is 3. The summed E-state index contributed by atoms with van der Waals surface area (Å²) in [6, 6.07) is 6.26. The van der Waals surface area contributed by atoms with Gasteiger partial charge in [-0.3, -0.25) is 0 Å². The molecule has 2 atom stereocenters. The molecule has 7 heteroatoms. The lowest BCUT2D eigenvalue weighted by molar-refractivity contribution is -0.274. The standard InChI is InChI=1S/C13H16F3NOS2/c1-17-12(11-8-19-5-6-20-11)9-3-2-4-10(7-9)18-13(14,15)16/h2-4,7,11-12,17H,5-6,8H2,1H3. The van der Waals surface area contributed by atoms with Gasteiger partial charge in [0.15, 0.2) is 0 Å². The lowest BCUT2D eigenvalue weighted by Gasteiger charge is -2.29. The minimum absolute atomic E-state index is 0.0320. The molecule has 1 aromatic carbocycles. The van der Waals surface area contributed by atoms with Crippen LogP contribution in [0, 0.1) is 0 Å². The number of benzene rings is 1. The van der Waals surface area contributed by atoms with E-state index in [4.69, 9.17) is 0 Å². The number of hydrogen-bond donors (Lipinski definition) is 1. The molecule has 0 aromatic heterocycles. The second-order valence-electron chi connectivity index (χ2n) is 4.37. The zero-order valence-corrected chi connectivity index (χ0v) is 12.6. The van der Waals surface area contributed by atoms with E-state index >= 15 is 0 Å². The molecule has 112 valence electrons. The first kappa shape index (κ1) is 15.9. The van der Waals surface area contributed by atoms with Crippen LogP contribution in [0.1, 0.15) is 11.6 Å². The molecule has 0 amide bonds. The fourth-order valence-corrected chi connectivity index (χ4v) is 5.08. The summed E-state index contributed by atoms with van der Waals surface area (Å²) in [6.45, 7) is 0. The Balaban J connectivity index is 2.14. The zero-order chi connectivity index (χ0) is 14.6. The van der Waals surface area contributed by atoms with Gasteiger partial charge in [0.25, 0.3) is 0 Å². The summed E-state index contributed by atoms with van der Waals surface area (Å²) in [7, 11) is 1.84. The van der Waals surface area contributed by atoms with Crippen LogP contribution < -0.4 is 10.1 Å². The normalized spacial score (nSPS) is 21.5. The van der Waals surface area contributed by atoms with Crippen LogP contribution in [0.2, 0.25) is 0 Å². The number of ether oxygens (including phenoxy) is 1. The largest absolute Gasteiger partial charge is 0.573 e. The second kappa shape index (κ2) is 6.95. The van der Waals surface area contributed by atoms with Crippen LogP contribution >= 0.6 is 23.5 Å². The van der Waals surface area contributed by atoms with Crippen LogP contribution in [0.3, 0.4) is 0 Å². The summed E-state index contributed by atoms with van der Waals surface area (Å²) >= 11 is 3.75. The van der Waals surface area contributed by atoms with Crippen LogP contribution in [0.15, 0.2) is 24.3 Å². The molecular weight excluding hydrogens is 307 g/mol. The first-order valence-corrected chi connectivity index (χ1v) is 8.42. The Morgan fingerprint density at radius 2 is 2.15 bits per heavy atom. The van der Waals surface area contributed by atoms with Crippen molar-refractivity contribution in [1.82, 2.24) is 5.32 Å². The van der Waals surface area contributed by atoms with Crippen LogP contribution in [0.5, 0.6) is 5.75 Å². The third-order valence-corrected chi connectivity index (χ3v) is 5.84. The van der Waals surface area contributed by atoms with Gasteiger partial charge < -0.3 is 10.1 Å². The van der Waals surface area contributed by atoms with E-state index < -0.39 is 6.36 Å². The molecule has 1 N–H and O–H groups in total. The topological polar surface area (TPSA) is 21.3 Å². The van der Waals surface area contributed by atoms with Crippen LogP contribution in [-0.4, -0.2) is 35.9 Å². The van der Waals surface area contributed by atoms with Gasteiger partial charge >= 0.3 is 6.36 Å². The van der Waals surface area contributed by atoms with Crippen molar-refractivity contribution in [3.05, 3.63) is 29.8 Å². The highest BCUT2D eigenvalue weighted by Gasteiger charge is 2.31. The Bertz CT molecular complexity index is 436. The van der Waals surface area contributed by atoms with Gasteiger partial charge in [0, 0.05) is 28.6 Å². The molecular formula is C13H16F3NOS2. The summed E-state index contributed by atoms with van der Waals surface area (Å²) in [4.78, 5) is 0. The SMILES string of the molecule is CNC(c1cccc(OC(F)(F)F)c1)C1CSCCS1. The summed E-state index contributed by atoms with van der Waals surface area (Å²) in [5, 5.41) is 3.57. The lowest BCUT2D eigenvalue weighted by Crippen LogP contribution is -2.31. The van der Waals surface area contributed by atoms with Gasteiger partial charge in [-0.1, -0.05) is 12.1 Å². The molecule has 2 rings (SSSR count). The van der Waals surface area contributed by atoms with Crippen molar-refractivity contribution in [2.24, 2.45) is 0 Å². The Morgan fingerprint density at radius 3 is 2.75 bits per heavy atom. The van der Waals surface area contributed by atoms with Crippen molar-refractivity contribution in [3.8, 4) is 5.75 Å². The predicted molar refractivity (Wildman–Crippen MR) is 78.5 cm³/mol. The van der Waals surface area contributed by atoms with Crippen molar-refractivity contribution in [3.63, 3.8) is 0 Å². The quantitative estimate of drug-likeness (QED) is 0.912. The van der Waals surface area contributed by atoms with Gasteiger partial charge in [0.05, 0.1) is 0 Å². The van der Waals surface area contributed by atoms with Crippen LogP contribution in [0.4, 0.5) is 13.2 Å². The molecule has 1 heterocycles. The molecule has 0 aliphatic carbocycles. The van der Waals surface area contributed by atoms with Gasteiger partial charge in [-0.2, -0.15) is 23.5 Å². The highest BCUT2D eigenvalue weighted by atomic mass is 32.2. The molecule has 2 nitrogen and oxygen atoms in total. The van der Waals surface area contributed by atoms with E-state index in [-0.39, 0.29) is 11.8 Å². The fraction of sp³-hybridized carbons (Fsp3) is 0.538. The summed E-state index contributed by atoms with van der Waals surface area (Å²) < 4.78 is 40.8. The van der Waals surface area contributed by atoms with Gasteiger partial charge in [-0.05, 0) is 24.7 Å². The zero-order valence-electron chi connectivity index (χ0n) is 10.9. The Morgan fingerprint density at radius 1 is 1.35 bits per heavy atom. The predicted octanol–water partition coefficient (Wildman–Crippen LogP) is 3.69. The van der Waals surface area contributed by atoms with Gasteiger partial charge in [0.2, 0.25) is 0 Å². The Labute approximate surface area is 124 Å².